The molecule has 3 rings (SSSR count). The highest BCUT2D eigenvalue weighted by atomic mass is 32.1. The average molecular weight is 362 g/mol. The molecule has 0 aliphatic carbocycles. The number of furan rings is 1. The Labute approximate surface area is 150 Å². The molecule has 1 amide bonds. The van der Waals surface area contributed by atoms with Gasteiger partial charge in [-0.1, -0.05) is 6.92 Å². The Morgan fingerprint density at radius 1 is 1.40 bits per heavy atom. The number of rotatable bonds is 6. The van der Waals surface area contributed by atoms with Crippen molar-refractivity contribution in [2.24, 2.45) is 5.92 Å². The topological polar surface area (TPSA) is 72.6 Å². The number of thiazole rings is 1. The van der Waals surface area contributed by atoms with Crippen LogP contribution in [-0.4, -0.2) is 34.8 Å². The van der Waals surface area contributed by atoms with Crippen LogP contribution in [0.2, 0.25) is 0 Å². The van der Waals surface area contributed by atoms with Crippen LogP contribution in [0.4, 0.5) is 0 Å². The summed E-state index contributed by atoms with van der Waals surface area (Å²) in [5, 5.41) is 3.03. The first-order valence-electron chi connectivity index (χ1n) is 8.60. The number of piperidine rings is 1. The van der Waals surface area contributed by atoms with Crippen molar-refractivity contribution in [3.05, 3.63) is 40.2 Å². The molecule has 0 radical (unpaired) electrons. The van der Waals surface area contributed by atoms with Crippen molar-refractivity contribution in [1.29, 1.82) is 0 Å². The van der Waals surface area contributed by atoms with Gasteiger partial charge in [-0.25, -0.2) is 4.98 Å². The van der Waals surface area contributed by atoms with E-state index in [1.54, 1.807) is 28.4 Å². The Morgan fingerprint density at radius 2 is 2.20 bits per heavy atom. The first-order chi connectivity index (χ1) is 12.2. The van der Waals surface area contributed by atoms with Gasteiger partial charge in [0.1, 0.15) is 6.61 Å². The lowest BCUT2D eigenvalue weighted by Gasteiger charge is -2.30. The summed E-state index contributed by atoms with van der Waals surface area (Å²) in [6.07, 6.45) is 4.73. The predicted molar refractivity (Wildman–Crippen MR) is 93.2 cm³/mol. The van der Waals surface area contributed by atoms with Crippen molar-refractivity contribution in [3.8, 4) is 0 Å². The van der Waals surface area contributed by atoms with Crippen LogP contribution in [0, 0.1) is 5.92 Å². The van der Waals surface area contributed by atoms with Crippen LogP contribution in [0.3, 0.4) is 0 Å². The number of carbonyl (C=O) groups is 2. The maximum absolute atomic E-state index is 12.2. The van der Waals surface area contributed by atoms with E-state index in [4.69, 9.17) is 9.15 Å². The zero-order valence-corrected chi connectivity index (χ0v) is 15.1. The fraction of sp³-hybridized carbons (Fsp3) is 0.500. The minimum absolute atomic E-state index is 0.122. The molecule has 0 saturated carbocycles. The first kappa shape index (κ1) is 17.7. The molecule has 0 atom stereocenters. The third-order valence-electron chi connectivity index (χ3n) is 4.27. The van der Waals surface area contributed by atoms with Crippen molar-refractivity contribution in [2.75, 3.05) is 13.1 Å². The van der Waals surface area contributed by atoms with Crippen molar-refractivity contribution in [2.45, 2.75) is 39.2 Å². The van der Waals surface area contributed by atoms with E-state index in [1.165, 1.54) is 6.26 Å². The Hall–Kier alpha value is -2.15. The summed E-state index contributed by atoms with van der Waals surface area (Å²) >= 11 is 1.61. The van der Waals surface area contributed by atoms with Crippen LogP contribution >= 0.6 is 11.3 Å². The largest absolute Gasteiger partial charge is 0.459 e. The van der Waals surface area contributed by atoms with Crippen LogP contribution in [0.1, 0.15) is 47.4 Å². The summed E-state index contributed by atoms with van der Waals surface area (Å²) in [6, 6.07) is 3.35. The minimum Gasteiger partial charge on any atom is -0.459 e. The van der Waals surface area contributed by atoms with Crippen molar-refractivity contribution in [3.63, 3.8) is 0 Å². The van der Waals surface area contributed by atoms with E-state index < -0.39 is 0 Å². The maximum atomic E-state index is 12.2. The Morgan fingerprint density at radius 3 is 2.88 bits per heavy atom. The maximum Gasteiger partial charge on any atom is 0.309 e. The van der Waals surface area contributed by atoms with Gasteiger partial charge in [-0.2, -0.15) is 0 Å². The number of aryl methyl sites for hydroxylation is 1. The molecule has 0 spiro atoms. The number of amides is 1. The lowest BCUT2D eigenvalue weighted by atomic mass is 9.97. The molecule has 0 aromatic carbocycles. The zero-order valence-electron chi connectivity index (χ0n) is 14.3. The summed E-state index contributed by atoms with van der Waals surface area (Å²) in [4.78, 5) is 30.6. The molecule has 3 heterocycles. The highest BCUT2D eigenvalue weighted by Crippen LogP contribution is 2.21. The second-order valence-electron chi connectivity index (χ2n) is 6.13. The number of aromatic nitrogens is 1. The lowest BCUT2D eigenvalue weighted by molar-refractivity contribution is -0.151. The standard InChI is InChI=1S/C18H22N2O4S/c1-2-4-16-19-14(12-25-16)11-24-18(22)13-6-8-20(9-7-13)17(21)15-5-3-10-23-15/h3,5,10,12-13H,2,4,6-9,11H2,1H3. The van der Waals surface area contributed by atoms with Gasteiger partial charge >= 0.3 is 5.97 Å². The summed E-state index contributed by atoms with van der Waals surface area (Å²) < 4.78 is 10.6. The molecule has 1 aliphatic rings. The van der Waals surface area contributed by atoms with Crippen molar-refractivity contribution >= 4 is 23.2 Å². The molecule has 2 aromatic heterocycles. The first-order valence-corrected chi connectivity index (χ1v) is 9.48. The van der Waals surface area contributed by atoms with E-state index in [-0.39, 0.29) is 24.4 Å². The van der Waals surface area contributed by atoms with Crippen LogP contribution in [-0.2, 0) is 22.6 Å². The number of ether oxygens (including phenoxy) is 1. The second kappa shape index (κ2) is 8.29. The average Bonchev–Trinajstić information content (AvgIpc) is 3.31. The Kier molecular flexibility index (Phi) is 5.86. The number of likely N-dealkylation sites (tertiary alicyclic amines) is 1. The second-order valence-corrected chi connectivity index (χ2v) is 7.08. The monoisotopic (exact) mass is 362 g/mol. The molecule has 1 aliphatic heterocycles. The van der Waals surface area contributed by atoms with E-state index in [0.29, 0.717) is 31.7 Å². The van der Waals surface area contributed by atoms with Gasteiger partial charge in [0.15, 0.2) is 5.76 Å². The van der Waals surface area contributed by atoms with Crippen LogP contribution in [0.25, 0.3) is 0 Å². The number of hydrogen-bond donors (Lipinski definition) is 0. The Bertz CT molecular complexity index is 702. The van der Waals surface area contributed by atoms with Gasteiger partial charge in [0.2, 0.25) is 0 Å². The van der Waals surface area contributed by atoms with Crippen LogP contribution in [0.5, 0.6) is 0 Å². The van der Waals surface area contributed by atoms with Gasteiger partial charge in [0.25, 0.3) is 5.91 Å². The molecule has 7 heteroatoms. The molecule has 1 saturated heterocycles. The van der Waals surface area contributed by atoms with Gasteiger partial charge in [0, 0.05) is 18.5 Å². The summed E-state index contributed by atoms with van der Waals surface area (Å²) in [7, 11) is 0. The molecule has 25 heavy (non-hydrogen) atoms. The summed E-state index contributed by atoms with van der Waals surface area (Å²) in [5.74, 6) is -0.139. The highest BCUT2D eigenvalue weighted by molar-refractivity contribution is 7.09. The SMILES string of the molecule is CCCc1nc(COC(=O)C2CCN(C(=O)c3ccco3)CC2)cs1. The van der Waals surface area contributed by atoms with E-state index in [9.17, 15) is 9.59 Å². The quantitative estimate of drug-likeness (QED) is 0.737. The lowest BCUT2D eigenvalue weighted by Crippen LogP contribution is -2.40. The Balaban J connectivity index is 1.44. The molecule has 0 unspecified atom stereocenters. The van der Waals surface area contributed by atoms with Crippen molar-refractivity contribution in [1.82, 2.24) is 9.88 Å². The van der Waals surface area contributed by atoms with Gasteiger partial charge in [-0.05, 0) is 37.8 Å². The normalized spacial score (nSPS) is 15.3. The number of nitrogens with zero attached hydrogens (tertiary/aromatic N) is 2. The molecule has 1 fully saturated rings. The molecule has 0 N–H and O–H groups in total. The van der Waals surface area contributed by atoms with Gasteiger partial charge in [-0.3, -0.25) is 9.59 Å². The van der Waals surface area contributed by atoms with Crippen LogP contribution < -0.4 is 0 Å². The molecular weight excluding hydrogens is 340 g/mol. The highest BCUT2D eigenvalue weighted by Gasteiger charge is 2.29. The smallest absolute Gasteiger partial charge is 0.309 e. The zero-order chi connectivity index (χ0) is 17.6. The summed E-state index contributed by atoms with van der Waals surface area (Å²) in [6.45, 7) is 3.42. The number of esters is 1. The van der Waals surface area contributed by atoms with E-state index >= 15 is 0 Å². The molecule has 6 nitrogen and oxygen atoms in total. The summed E-state index contributed by atoms with van der Waals surface area (Å²) in [5.41, 5.74) is 0.812. The minimum atomic E-state index is -0.199. The third kappa shape index (κ3) is 4.48. The van der Waals surface area contributed by atoms with Gasteiger partial charge in [0.05, 0.1) is 22.9 Å². The van der Waals surface area contributed by atoms with E-state index in [1.807, 2.05) is 5.38 Å². The molecule has 2 aromatic rings. The van der Waals surface area contributed by atoms with Gasteiger partial charge in [-0.15, -0.1) is 11.3 Å². The molecular formula is C18H22N2O4S. The van der Waals surface area contributed by atoms with Gasteiger partial charge < -0.3 is 14.1 Å². The van der Waals surface area contributed by atoms with Crippen molar-refractivity contribution < 1.29 is 18.7 Å². The fourth-order valence-electron chi connectivity index (χ4n) is 2.88. The number of hydrogen-bond acceptors (Lipinski definition) is 6. The fourth-order valence-corrected chi connectivity index (χ4v) is 3.77. The third-order valence-corrected chi connectivity index (χ3v) is 5.23. The number of carbonyl (C=O) groups excluding carboxylic acids is 2. The van der Waals surface area contributed by atoms with E-state index in [2.05, 4.69) is 11.9 Å². The predicted octanol–water partition coefficient (Wildman–Crippen LogP) is 3.28. The molecule has 0 bridgehead atoms. The van der Waals surface area contributed by atoms with E-state index in [0.717, 1.165) is 23.5 Å². The van der Waals surface area contributed by atoms with Crippen LogP contribution in [0.15, 0.2) is 28.2 Å². The molecule has 134 valence electrons.